The Kier molecular flexibility index (Phi) is 5.90. The van der Waals surface area contributed by atoms with Gasteiger partial charge in [0.05, 0.1) is 11.6 Å². The Morgan fingerprint density at radius 1 is 1.25 bits per heavy atom. The predicted octanol–water partition coefficient (Wildman–Crippen LogP) is 2.91. The highest BCUT2D eigenvalue weighted by molar-refractivity contribution is 5.99. The Labute approximate surface area is 122 Å². The quantitative estimate of drug-likeness (QED) is 0.779. The number of nitrogens with zero attached hydrogens (tertiary/aromatic N) is 1. The van der Waals surface area contributed by atoms with Crippen molar-refractivity contribution >= 4 is 5.78 Å². The van der Waals surface area contributed by atoms with E-state index in [-0.39, 0.29) is 11.8 Å². The first-order chi connectivity index (χ1) is 9.28. The van der Waals surface area contributed by atoms with Crippen molar-refractivity contribution in [2.75, 3.05) is 13.1 Å². The van der Waals surface area contributed by atoms with Crippen LogP contribution in [0.3, 0.4) is 0 Å². The maximum atomic E-state index is 12.5. The van der Waals surface area contributed by atoms with Gasteiger partial charge in [0.2, 0.25) is 0 Å². The van der Waals surface area contributed by atoms with E-state index in [4.69, 9.17) is 0 Å². The van der Waals surface area contributed by atoms with Crippen LogP contribution in [0.25, 0.3) is 0 Å². The molecule has 3 nitrogen and oxygen atoms in total. The molecule has 0 saturated carbocycles. The fourth-order valence-corrected chi connectivity index (χ4v) is 2.33. The zero-order valence-electron chi connectivity index (χ0n) is 13.3. The van der Waals surface area contributed by atoms with E-state index in [0.29, 0.717) is 6.54 Å². The molecule has 0 aliphatic carbocycles. The summed E-state index contributed by atoms with van der Waals surface area (Å²) in [5.41, 5.74) is 1.18. The number of aliphatic hydroxyl groups is 1. The summed E-state index contributed by atoms with van der Waals surface area (Å²) in [6, 6.07) is 7.59. The molecule has 1 rings (SSSR count). The third kappa shape index (κ3) is 4.73. The van der Waals surface area contributed by atoms with Crippen molar-refractivity contribution in [1.29, 1.82) is 0 Å². The molecule has 0 amide bonds. The monoisotopic (exact) mass is 277 g/mol. The highest BCUT2D eigenvalue weighted by Crippen LogP contribution is 2.14. The van der Waals surface area contributed by atoms with Gasteiger partial charge in [0.15, 0.2) is 5.78 Å². The fraction of sp³-hybridized carbons (Fsp3) is 0.588. The maximum absolute atomic E-state index is 12.5. The van der Waals surface area contributed by atoms with Gasteiger partial charge in [0.25, 0.3) is 0 Å². The molecule has 20 heavy (non-hydrogen) atoms. The summed E-state index contributed by atoms with van der Waals surface area (Å²) in [7, 11) is 0. The van der Waals surface area contributed by atoms with Crippen molar-refractivity contribution in [3.05, 3.63) is 35.4 Å². The van der Waals surface area contributed by atoms with Gasteiger partial charge in [-0.25, -0.2) is 0 Å². The van der Waals surface area contributed by atoms with E-state index in [2.05, 4.69) is 6.92 Å². The molecular weight excluding hydrogens is 250 g/mol. The average molecular weight is 277 g/mol. The van der Waals surface area contributed by atoms with Crippen molar-refractivity contribution in [2.45, 2.75) is 52.7 Å². The predicted molar refractivity (Wildman–Crippen MR) is 83.2 cm³/mol. The molecule has 1 aromatic rings. The first kappa shape index (κ1) is 16.9. The molecule has 0 saturated heterocycles. The second kappa shape index (κ2) is 7.00. The van der Waals surface area contributed by atoms with E-state index >= 15 is 0 Å². The summed E-state index contributed by atoms with van der Waals surface area (Å²) in [6.07, 6.45) is 0.976. The molecule has 0 bridgehead atoms. The summed E-state index contributed by atoms with van der Waals surface area (Å²) >= 11 is 0. The Balaban J connectivity index is 2.82. The number of Topliss-reactive ketones (excluding diaryl/α,β-unsaturated/α-hetero) is 1. The smallest absolute Gasteiger partial charge is 0.179 e. The first-order valence-electron chi connectivity index (χ1n) is 7.38. The van der Waals surface area contributed by atoms with Crippen LogP contribution in [0.5, 0.6) is 0 Å². The lowest BCUT2D eigenvalue weighted by Gasteiger charge is -2.32. The van der Waals surface area contributed by atoms with Gasteiger partial charge in [-0.1, -0.05) is 38.1 Å². The largest absolute Gasteiger partial charge is 0.389 e. The minimum atomic E-state index is -0.795. The van der Waals surface area contributed by atoms with Crippen LogP contribution >= 0.6 is 0 Å². The van der Waals surface area contributed by atoms with Gasteiger partial charge in [-0.15, -0.1) is 0 Å². The highest BCUT2D eigenvalue weighted by Gasteiger charge is 2.26. The lowest BCUT2D eigenvalue weighted by molar-refractivity contribution is 0.0254. The number of hydrogen-bond acceptors (Lipinski definition) is 3. The molecule has 0 heterocycles. The molecule has 1 atom stereocenters. The summed E-state index contributed by atoms with van der Waals surface area (Å²) < 4.78 is 0. The van der Waals surface area contributed by atoms with E-state index in [1.807, 2.05) is 43.0 Å². The fourth-order valence-electron chi connectivity index (χ4n) is 2.33. The lowest BCUT2D eigenvalue weighted by atomic mass is 10.0. The molecule has 0 aliphatic rings. The van der Waals surface area contributed by atoms with Crippen LogP contribution in [-0.4, -0.2) is 40.5 Å². The molecule has 112 valence electrons. The van der Waals surface area contributed by atoms with Gasteiger partial charge in [-0.2, -0.15) is 0 Å². The van der Waals surface area contributed by atoms with E-state index in [1.54, 1.807) is 13.8 Å². The van der Waals surface area contributed by atoms with E-state index < -0.39 is 5.60 Å². The Morgan fingerprint density at radius 2 is 1.80 bits per heavy atom. The number of hydrogen-bond donors (Lipinski definition) is 1. The topological polar surface area (TPSA) is 40.5 Å². The average Bonchev–Trinajstić information content (AvgIpc) is 2.42. The highest BCUT2D eigenvalue weighted by atomic mass is 16.3. The van der Waals surface area contributed by atoms with Crippen LogP contribution in [-0.2, 0) is 6.42 Å². The molecule has 1 unspecified atom stereocenters. The van der Waals surface area contributed by atoms with Crippen LogP contribution < -0.4 is 0 Å². The van der Waals surface area contributed by atoms with Crippen LogP contribution in [0.1, 0.15) is 50.5 Å². The van der Waals surface area contributed by atoms with Crippen LogP contribution in [0, 0.1) is 0 Å². The normalized spacial score (nSPS) is 13.6. The van der Waals surface area contributed by atoms with Gasteiger partial charge in [-0.05, 0) is 39.3 Å². The van der Waals surface area contributed by atoms with E-state index in [1.165, 1.54) is 5.56 Å². The third-order valence-electron chi connectivity index (χ3n) is 3.57. The molecule has 0 radical (unpaired) electrons. The van der Waals surface area contributed by atoms with Crippen molar-refractivity contribution in [1.82, 2.24) is 4.90 Å². The van der Waals surface area contributed by atoms with Crippen molar-refractivity contribution in [3.63, 3.8) is 0 Å². The number of likely N-dealkylation sites (N-methyl/N-ethyl adjacent to an activating group) is 1. The zero-order chi connectivity index (χ0) is 15.3. The second-order valence-electron chi connectivity index (χ2n) is 5.97. The molecule has 1 aromatic carbocycles. The number of aryl methyl sites for hydroxylation is 1. The summed E-state index contributed by atoms with van der Waals surface area (Å²) in [5, 5.41) is 9.94. The Hall–Kier alpha value is -1.19. The molecule has 0 spiro atoms. The van der Waals surface area contributed by atoms with E-state index in [0.717, 1.165) is 18.5 Å². The molecule has 0 fully saturated rings. The van der Waals surface area contributed by atoms with Gasteiger partial charge in [-0.3, -0.25) is 9.69 Å². The van der Waals surface area contributed by atoms with Crippen LogP contribution in [0.2, 0.25) is 0 Å². The van der Waals surface area contributed by atoms with Crippen molar-refractivity contribution < 1.29 is 9.90 Å². The summed E-state index contributed by atoms with van der Waals surface area (Å²) in [6.45, 7) is 10.8. The SMILES string of the molecule is CCc1ccc(C(=O)C(C)N(CC)CC(C)(C)O)cc1. The number of carbonyl (C=O) groups excluding carboxylic acids is 1. The van der Waals surface area contributed by atoms with Crippen molar-refractivity contribution in [2.24, 2.45) is 0 Å². The summed E-state index contributed by atoms with van der Waals surface area (Å²) in [5.74, 6) is 0.110. The Morgan fingerprint density at radius 3 is 2.20 bits per heavy atom. The first-order valence-corrected chi connectivity index (χ1v) is 7.38. The summed E-state index contributed by atoms with van der Waals surface area (Å²) in [4.78, 5) is 14.5. The number of rotatable bonds is 7. The molecule has 3 heteroatoms. The number of benzene rings is 1. The molecular formula is C17H27NO2. The van der Waals surface area contributed by atoms with Gasteiger partial charge >= 0.3 is 0 Å². The van der Waals surface area contributed by atoms with Crippen molar-refractivity contribution in [3.8, 4) is 0 Å². The molecule has 0 aliphatic heterocycles. The van der Waals surface area contributed by atoms with Crippen LogP contribution in [0.4, 0.5) is 0 Å². The standard InChI is InChI=1S/C17H27NO2/c1-6-14-8-10-15(11-9-14)16(19)13(3)18(7-2)12-17(4,5)20/h8-11,13,20H,6-7,12H2,1-5H3. The maximum Gasteiger partial charge on any atom is 0.179 e. The third-order valence-corrected chi connectivity index (χ3v) is 3.57. The van der Waals surface area contributed by atoms with Crippen LogP contribution in [0.15, 0.2) is 24.3 Å². The van der Waals surface area contributed by atoms with Gasteiger partial charge < -0.3 is 5.11 Å². The minimum absolute atomic E-state index is 0.110. The second-order valence-corrected chi connectivity index (χ2v) is 5.97. The van der Waals surface area contributed by atoms with E-state index in [9.17, 15) is 9.90 Å². The molecule has 0 aromatic heterocycles. The Bertz CT molecular complexity index is 431. The lowest BCUT2D eigenvalue weighted by Crippen LogP contribution is -2.46. The minimum Gasteiger partial charge on any atom is -0.389 e. The zero-order valence-corrected chi connectivity index (χ0v) is 13.3. The number of carbonyl (C=O) groups is 1. The van der Waals surface area contributed by atoms with Gasteiger partial charge in [0.1, 0.15) is 0 Å². The molecule has 1 N–H and O–H groups in total. The van der Waals surface area contributed by atoms with Gasteiger partial charge in [0, 0.05) is 12.1 Å². The number of ketones is 1.